The molecular weight excluding hydrogens is 214 g/mol. The van der Waals surface area contributed by atoms with Crippen LogP contribution in [0.3, 0.4) is 0 Å². The number of rotatable bonds is 4. The van der Waals surface area contributed by atoms with Gasteiger partial charge in [0.05, 0.1) is 28.9 Å². The number of ether oxygens (including phenoxy) is 1. The molecule has 0 amide bonds. The molecule has 1 aromatic carbocycles. The summed E-state index contributed by atoms with van der Waals surface area (Å²) in [5, 5.41) is 8.55. The number of benzene rings is 1. The molecule has 0 fully saturated rings. The van der Waals surface area contributed by atoms with Gasteiger partial charge in [-0.2, -0.15) is 5.26 Å². The Morgan fingerprint density at radius 2 is 1.93 bits per heavy atom. The van der Waals surface area contributed by atoms with Gasteiger partial charge in [0.15, 0.2) is 9.84 Å². The van der Waals surface area contributed by atoms with E-state index >= 15 is 0 Å². The Hall–Kier alpha value is -1.38. The third-order valence-corrected chi connectivity index (χ3v) is 3.59. The van der Waals surface area contributed by atoms with E-state index < -0.39 is 9.84 Å². The van der Waals surface area contributed by atoms with Crippen LogP contribution in [0.15, 0.2) is 29.2 Å². The van der Waals surface area contributed by atoms with Gasteiger partial charge in [0.25, 0.3) is 0 Å². The molecule has 0 spiro atoms. The van der Waals surface area contributed by atoms with E-state index in [0.717, 1.165) is 0 Å². The van der Waals surface area contributed by atoms with E-state index in [1.807, 2.05) is 6.07 Å². The van der Waals surface area contributed by atoms with Crippen molar-refractivity contribution in [3.63, 3.8) is 0 Å². The van der Waals surface area contributed by atoms with Crippen LogP contribution >= 0.6 is 0 Å². The number of methoxy groups -OCH3 is 1. The highest BCUT2D eigenvalue weighted by atomic mass is 32.2. The van der Waals surface area contributed by atoms with E-state index in [2.05, 4.69) is 0 Å². The van der Waals surface area contributed by atoms with Crippen LogP contribution in [0.5, 0.6) is 0 Å². The van der Waals surface area contributed by atoms with E-state index in [1.165, 1.54) is 31.4 Å². The highest BCUT2D eigenvalue weighted by Crippen LogP contribution is 2.11. The average molecular weight is 225 g/mol. The second-order valence-electron chi connectivity index (χ2n) is 2.95. The van der Waals surface area contributed by atoms with Crippen LogP contribution in [0, 0.1) is 11.3 Å². The first kappa shape index (κ1) is 11.7. The highest BCUT2D eigenvalue weighted by molar-refractivity contribution is 7.91. The highest BCUT2D eigenvalue weighted by Gasteiger charge is 2.13. The zero-order valence-corrected chi connectivity index (χ0v) is 9.12. The van der Waals surface area contributed by atoms with Crippen molar-refractivity contribution in [3.8, 4) is 6.07 Å². The summed E-state index contributed by atoms with van der Waals surface area (Å²) >= 11 is 0. The Morgan fingerprint density at radius 1 is 1.33 bits per heavy atom. The van der Waals surface area contributed by atoms with Crippen LogP contribution in [-0.4, -0.2) is 27.9 Å². The zero-order valence-electron chi connectivity index (χ0n) is 8.30. The maximum Gasteiger partial charge on any atom is 0.180 e. The predicted octanol–water partition coefficient (Wildman–Crippen LogP) is 0.978. The summed E-state index contributed by atoms with van der Waals surface area (Å²) in [5.74, 6) is -0.0462. The average Bonchev–Trinajstić information content (AvgIpc) is 2.26. The Labute approximate surface area is 89.0 Å². The lowest BCUT2D eigenvalue weighted by atomic mass is 10.2. The summed E-state index contributed by atoms with van der Waals surface area (Å²) in [4.78, 5) is 0.221. The minimum Gasteiger partial charge on any atom is -0.384 e. The summed E-state index contributed by atoms with van der Waals surface area (Å²) in [6.07, 6.45) is 0. The predicted molar refractivity (Wildman–Crippen MR) is 55.1 cm³/mol. The smallest absolute Gasteiger partial charge is 0.180 e. The number of sulfone groups is 1. The zero-order chi connectivity index (χ0) is 11.3. The van der Waals surface area contributed by atoms with E-state index in [4.69, 9.17) is 10.00 Å². The molecule has 0 heterocycles. The number of nitrogens with zero attached hydrogens (tertiary/aromatic N) is 1. The Kier molecular flexibility index (Phi) is 3.83. The van der Waals surface area contributed by atoms with Crippen molar-refractivity contribution in [3.05, 3.63) is 29.8 Å². The second kappa shape index (κ2) is 4.91. The van der Waals surface area contributed by atoms with Crippen molar-refractivity contribution in [2.45, 2.75) is 4.90 Å². The fourth-order valence-electron chi connectivity index (χ4n) is 1.05. The topological polar surface area (TPSA) is 67.2 Å². The maximum atomic E-state index is 11.6. The van der Waals surface area contributed by atoms with Crippen LogP contribution < -0.4 is 0 Å². The fraction of sp³-hybridized carbons (Fsp3) is 0.300. The van der Waals surface area contributed by atoms with Gasteiger partial charge in [0, 0.05) is 7.11 Å². The van der Waals surface area contributed by atoms with Crippen LogP contribution in [0.25, 0.3) is 0 Å². The normalized spacial score (nSPS) is 10.9. The number of nitriles is 1. The van der Waals surface area contributed by atoms with Gasteiger partial charge in [0.2, 0.25) is 0 Å². The first-order valence-corrected chi connectivity index (χ1v) is 5.97. The molecule has 0 aliphatic rings. The van der Waals surface area contributed by atoms with Crippen molar-refractivity contribution in [1.82, 2.24) is 0 Å². The molecular formula is C10H11NO3S. The van der Waals surface area contributed by atoms with Crippen LogP contribution in [0.4, 0.5) is 0 Å². The SMILES string of the molecule is COCCS(=O)(=O)c1ccc(C#N)cc1. The molecule has 0 aliphatic heterocycles. The molecule has 0 unspecified atom stereocenters. The third-order valence-electron chi connectivity index (χ3n) is 1.90. The molecule has 0 radical (unpaired) electrons. The first-order chi connectivity index (χ1) is 7.10. The summed E-state index contributed by atoms with van der Waals surface area (Å²) in [6, 6.07) is 7.77. The monoisotopic (exact) mass is 225 g/mol. The van der Waals surface area contributed by atoms with E-state index in [-0.39, 0.29) is 17.3 Å². The quantitative estimate of drug-likeness (QED) is 0.766. The van der Waals surface area contributed by atoms with Gasteiger partial charge in [-0.05, 0) is 24.3 Å². The minimum atomic E-state index is -3.28. The standard InChI is InChI=1S/C10H11NO3S/c1-14-6-7-15(12,13)10-4-2-9(8-11)3-5-10/h2-5H,6-7H2,1H3. The van der Waals surface area contributed by atoms with Crippen molar-refractivity contribution < 1.29 is 13.2 Å². The van der Waals surface area contributed by atoms with E-state index in [0.29, 0.717) is 5.56 Å². The van der Waals surface area contributed by atoms with E-state index in [9.17, 15) is 8.42 Å². The Morgan fingerprint density at radius 3 is 2.40 bits per heavy atom. The summed E-state index contributed by atoms with van der Waals surface area (Å²) in [6.45, 7) is 0.169. The van der Waals surface area contributed by atoms with Gasteiger partial charge in [-0.3, -0.25) is 0 Å². The number of hydrogen-bond donors (Lipinski definition) is 0. The van der Waals surface area contributed by atoms with Crippen molar-refractivity contribution in [2.75, 3.05) is 19.5 Å². The lowest BCUT2D eigenvalue weighted by Gasteiger charge is -2.03. The van der Waals surface area contributed by atoms with Crippen molar-refractivity contribution in [2.24, 2.45) is 0 Å². The van der Waals surface area contributed by atoms with Gasteiger partial charge < -0.3 is 4.74 Å². The first-order valence-electron chi connectivity index (χ1n) is 4.32. The van der Waals surface area contributed by atoms with Crippen molar-refractivity contribution >= 4 is 9.84 Å². The van der Waals surface area contributed by atoms with Gasteiger partial charge in [-0.1, -0.05) is 0 Å². The molecule has 0 aliphatic carbocycles. The molecule has 1 rings (SSSR count). The van der Waals surface area contributed by atoms with Crippen molar-refractivity contribution in [1.29, 1.82) is 5.26 Å². The summed E-state index contributed by atoms with van der Waals surface area (Å²) < 4.78 is 28.0. The molecule has 0 atom stereocenters. The van der Waals surface area contributed by atoms with Gasteiger partial charge >= 0.3 is 0 Å². The molecule has 0 bridgehead atoms. The third kappa shape index (κ3) is 3.05. The lowest BCUT2D eigenvalue weighted by molar-refractivity contribution is 0.217. The van der Waals surface area contributed by atoms with E-state index in [1.54, 1.807) is 0 Å². The Balaban J connectivity index is 2.92. The molecule has 15 heavy (non-hydrogen) atoms. The molecule has 4 nitrogen and oxygen atoms in total. The van der Waals surface area contributed by atoms with Gasteiger partial charge in [0.1, 0.15) is 0 Å². The summed E-state index contributed by atoms with van der Waals surface area (Å²) in [5.41, 5.74) is 0.445. The van der Waals surface area contributed by atoms with Crippen LogP contribution in [0.1, 0.15) is 5.56 Å². The maximum absolute atomic E-state index is 11.6. The van der Waals surface area contributed by atoms with Crippen LogP contribution in [0.2, 0.25) is 0 Å². The Bertz CT molecular complexity index is 456. The molecule has 0 saturated carbocycles. The summed E-state index contributed by atoms with van der Waals surface area (Å²) in [7, 11) is -1.83. The molecule has 5 heteroatoms. The largest absolute Gasteiger partial charge is 0.384 e. The molecule has 0 saturated heterocycles. The molecule has 1 aromatic rings. The van der Waals surface area contributed by atoms with Crippen LogP contribution in [-0.2, 0) is 14.6 Å². The second-order valence-corrected chi connectivity index (χ2v) is 5.06. The fourth-order valence-corrected chi connectivity index (χ4v) is 2.22. The minimum absolute atomic E-state index is 0.0462. The molecule has 0 N–H and O–H groups in total. The molecule has 0 aromatic heterocycles. The lowest BCUT2D eigenvalue weighted by Crippen LogP contribution is -2.11. The van der Waals surface area contributed by atoms with Gasteiger partial charge in [-0.15, -0.1) is 0 Å². The number of hydrogen-bond acceptors (Lipinski definition) is 4. The molecule has 80 valence electrons. The van der Waals surface area contributed by atoms with Gasteiger partial charge in [-0.25, -0.2) is 8.42 Å².